The largest absolute Gasteiger partial charge is 0.487 e. The van der Waals surface area contributed by atoms with Crippen LogP contribution in [0, 0.1) is 0 Å². The molecule has 0 fully saturated rings. The highest BCUT2D eigenvalue weighted by Crippen LogP contribution is 2.15. The lowest BCUT2D eigenvalue weighted by atomic mass is 10.2. The number of hydrogen-bond acceptors (Lipinski definition) is 4. The van der Waals surface area contributed by atoms with Gasteiger partial charge in [0.2, 0.25) is 0 Å². The van der Waals surface area contributed by atoms with E-state index in [4.69, 9.17) is 9.84 Å². The van der Waals surface area contributed by atoms with E-state index in [2.05, 4.69) is 23.8 Å². The number of hydrogen-bond donors (Lipinski definition) is 1. The van der Waals surface area contributed by atoms with Gasteiger partial charge in [0.25, 0.3) is 0 Å². The predicted molar refractivity (Wildman–Crippen MR) is 77.3 cm³/mol. The van der Waals surface area contributed by atoms with E-state index in [0.29, 0.717) is 18.0 Å². The minimum atomic E-state index is -1.12. The van der Waals surface area contributed by atoms with E-state index in [1.807, 2.05) is 24.3 Å². The molecule has 1 N–H and O–H groups in total. The second kappa shape index (κ2) is 6.69. The van der Waals surface area contributed by atoms with Crippen LogP contribution in [-0.4, -0.2) is 26.1 Å². The first-order chi connectivity index (χ1) is 10.2. The maximum Gasteiger partial charge on any atom is 0.358 e. The number of aromatic nitrogens is 3. The number of carboxylic acids is 1. The molecular formula is C15H17N3O3. The lowest BCUT2D eigenvalue weighted by Crippen LogP contribution is -2.10. The number of carbonyl (C=O) groups is 1. The Morgan fingerprint density at radius 3 is 2.71 bits per heavy atom. The molecule has 0 radical (unpaired) electrons. The summed E-state index contributed by atoms with van der Waals surface area (Å²) in [7, 11) is 0. The summed E-state index contributed by atoms with van der Waals surface area (Å²) in [5, 5.41) is 16.6. The van der Waals surface area contributed by atoms with Gasteiger partial charge in [-0.05, 0) is 24.1 Å². The predicted octanol–water partition coefficient (Wildman–Crippen LogP) is 2.30. The molecule has 1 aromatic heterocycles. The van der Waals surface area contributed by atoms with Gasteiger partial charge >= 0.3 is 5.97 Å². The maximum absolute atomic E-state index is 11.1. The van der Waals surface area contributed by atoms with Crippen LogP contribution in [0.5, 0.6) is 5.75 Å². The van der Waals surface area contributed by atoms with Crippen LogP contribution in [0.4, 0.5) is 0 Å². The van der Waals surface area contributed by atoms with Gasteiger partial charge in [-0.25, -0.2) is 9.48 Å². The van der Waals surface area contributed by atoms with E-state index in [1.54, 1.807) is 6.08 Å². The zero-order chi connectivity index (χ0) is 15.2. The summed E-state index contributed by atoms with van der Waals surface area (Å²) in [5.74, 6) is -0.444. The van der Waals surface area contributed by atoms with Crippen LogP contribution in [0.3, 0.4) is 0 Å². The van der Waals surface area contributed by atoms with Crippen LogP contribution in [0.2, 0.25) is 0 Å². The highest BCUT2D eigenvalue weighted by atomic mass is 16.5. The number of benzene rings is 1. The normalized spacial score (nSPS) is 10.3. The molecule has 0 saturated heterocycles. The first-order valence-electron chi connectivity index (χ1n) is 6.64. The molecule has 0 aliphatic carbocycles. The number of allylic oxidation sites excluding steroid dienone is 1. The molecule has 0 saturated carbocycles. The quantitative estimate of drug-likeness (QED) is 0.791. The van der Waals surface area contributed by atoms with Crippen molar-refractivity contribution in [2.24, 2.45) is 0 Å². The van der Waals surface area contributed by atoms with Crippen molar-refractivity contribution in [3.05, 3.63) is 53.9 Å². The fourth-order valence-corrected chi connectivity index (χ4v) is 1.88. The molecule has 2 rings (SSSR count). The van der Waals surface area contributed by atoms with Crippen LogP contribution in [0.15, 0.2) is 36.9 Å². The van der Waals surface area contributed by atoms with Gasteiger partial charge in [0.15, 0.2) is 5.69 Å². The summed E-state index contributed by atoms with van der Waals surface area (Å²) in [6.45, 7) is 6.16. The monoisotopic (exact) mass is 287 g/mol. The molecule has 0 bridgehead atoms. The number of rotatable bonds is 7. The van der Waals surface area contributed by atoms with E-state index in [9.17, 15) is 4.79 Å². The van der Waals surface area contributed by atoms with Crippen LogP contribution >= 0.6 is 0 Å². The Bertz CT molecular complexity index is 632. The lowest BCUT2D eigenvalue weighted by molar-refractivity contribution is 0.0687. The third kappa shape index (κ3) is 3.47. The van der Waals surface area contributed by atoms with E-state index in [0.717, 1.165) is 6.42 Å². The summed E-state index contributed by atoms with van der Waals surface area (Å²) in [6.07, 6.45) is 2.58. The van der Waals surface area contributed by atoms with Gasteiger partial charge < -0.3 is 9.84 Å². The van der Waals surface area contributed by atoms with E-state index >= 15 is 0 Å². The highest BCUT2D eigenvalue weighted by Gasteiger charge is 2.18. The van der Waals surface area contributed by atoms with Gasteiger partial charge in [0, 0.05) is 0 Å². The fraction of sp³-hybridized carbons (Fsp3) is 0.267. The zero-order valence-electron chi connectivity index (χ0n) is 11.8. The second-order valence-corrected chi connectivity index (χ2v) is 4.45. The summed E-state index contributed by atoms with van der Waals surface area (Å²) in [5.41, 5.74) is 1.54. The molecule has 1 heterocycles. The minimum Gasteiger partial charge on any atom is -0.487 e. The van der Waals surface area contributed by atoms with Crippen LogP contribution in [-0.2, 0) is 19.6 Å². The van der Waals surface area contributed by atoms with Crippen molar-refractivity contribution in [1.29, 1.82) is 0 Å². The molecule has 0 spiro atoms. The van der Waals surface area contributed by atoms with Gasteiger partial charge in [0.05, 0.1) is 6.54 Å². The third-order valence-electron chi connectivity index (χ3n) is 3.05. The van der Waals surface area contributed by atoms with Gasteiger partial charge in [-0.3, -0.25) is 0 Å². The maximum atomic E-state index is 11.1. The zero-order valence-corrected chi connectivity index (χ0v) is 11.8. The number of ether oxygens (including phenoxy) is 1. The minimum absolute atomic E-state index is 0.0912. The number of carboxylic acid groups (broad SMARTS) is 1. The van der Waals surface area contributed by atoms with Crippen LogP contribution in [0.1, 0.15) is 28.7 Å². The van der Waals surface area contributed by atoms with Crippen LogP contribution in [0.25, 0.3) is 0 Å². The molecular weight excluding hydrogens is 270 g/mol. The molecule has 6 nitrogen and oxygen atoms in total. The Balaban J connectivity index is 2.15. The Kier molecular flexibility index (Phi) is 4.71. The molecule has 21 heavy (non-hydrogen) atoms. The van der Waals surface area contributed by atoms with Gasteiger partial charge in [-0.2, -0.15) is 0 Å². The summed E-state index contributed by atoms with van der Waals surface area (Å²) < 4.78 is 7.10. The summed E-state index contributed by atoms with van der Waals surface area (Å²) in [6, 6.07) is 7.68. The molecule has 0 unspecified atom stereocenters. The number of nitrogens with zero attached hydrogens (tertiary/aromatic N) is 3. The molecule has 110 valence electrons. The second-order valence-electron chi connectivity index (χ2n) is 4.45. The number of aromatic carboxylic acids is 1. The summed E-state index contributed by atoms with van der Waals surface area (Å²) in [4.78, 5) is 11.1. The van der Waals surface area contributed by atoms with Gasteiger partial charge in [-0.1, -0.05) is 30.3 Å². The average Bonchev–Trinajstić information content (AvgIpc) is 2.89. The third-order valence-corrected chi connectivity index (χ3v) is 3.05. The molecule has 2 aromatic rings. The standard InChI is InChI=1S/C15H17N3O3/c1-3-9-18-13(14(15(19)20)16-17-18)10-21-12-7-5-11(4-2)6-8-12/h3,5-8H,1,4,9-10H2,2H3,(H,19,20). The highest BCUT2D eigenvalue weighted by molar-refractivity contribution is 5.86. The van der Waals surface area contributed by atoms with E-state index in [-0.39, 0.29) is 12.3 Å². The first-order valence-corrected chi connectivity index (χ1v) is 6.64. The van der Waals surface area contributed by atoms with Crippen molar-refractivity contribution in [1.82, 2.24) is 15.0 Å². The van der Waals surface area contributed by atoms with Gasteiger partial charge in [-0.15, -0.1) is 11.7 Å². The Morgan fingerprint density at radius 1 is 1.43 bits per heavy atom. The summed E-state index contributed by atoms with van der Waals surface area (Å²) >= 11 is 0. The van der Waals surface area contributed by atoms with Gasteiger partial charge in [0.1, 0.15) is 18.1 Å². The molecule has 0 atom stereocenters. The molecule has 0 amide bonds. The molecule has 6 heteroatoms. The van der Waals surface area contributed by atoms with Crippen molar-refractivity contribution in [3.63, 3.8) is 0 Å². The van der Waals surface area contributed by atoms with E-state index < -0.39 is 5.97 Å². The molecule has 0 aliphatic heterocycles. The van der Waals surface area contributed by atoms with Crippen molar-refractivity contribution < 1.29 is 14.6 Å². The van der Waals surface area contributed by atoms with Crippen molar-refractivity contribution >= 4 is 5.97 Å². The topological polar surface area (TPSA) is 77.2 Å². The number of aryl methyl sites for hydroxylation is 1. The fourth-order valence-electron chi connectivity index (χ4n) is 1.88. The van der Waals surface area contributed by atoms with Crippen molar-refractivity contribution in [2.45, 2.75) is 26.5 Å². The first kappa shape index (κ1) is 14.8. The molecule has 0 aliphatic rings. The Hall–Kier alpha value is -2.63. The SMILES string of the molecule is C=CCn1nnc(C(=O)O)c1COc1ccc(CC)cc1. The Labute approximate surface area is 122 Å². The van der Waals surface area contributed by atoms with E-state index in [1.165, 1.54) is 10.2 Å². The average molecular weight is 287 g/mol. The van der Waals surface area contributed by atoms with Crippen LogP contribution < -0.4 is 4.74 Å². The lowest BCUT2D eigenvalue weighted by Gasteiger charge is -2.08. The smallest absolute Gasteiger partial charge is 0.358 e. The molecule has 1 aromatic carbocycles. The van der Waals surface area contributed by atoms with Crippen molar-refractivity contribution in [3.8, 4) is 5.75 Å². The Morgan fingerprint density at radius 2 is 2.14 bits per heavy atom. The van der Waals surface area contributed by atoms with Crippen molar-refractivity contribution in [2.75, 3.05) is 0 Å².